The number of carbonyl (C=O) groups is 1. The molecular weight excluding hydrogens is 336 g/mol. The monoisotopic (exact) mass is 356 g/mol. The van der Waals surface area contributed by atoms with E-state index < -0.39 is 0 Å². The lowest BCUT2D eigenvalue weighted by atomic mass is 9.99. The molecule has 1 unspecified atom stereocenters. The van der Waals surface area contributed by atoms with E-state index in [1.165, 1.54) is 17.3 Å². The van der Waals surface area contributed by atoms with Gasteiger partial charge in [0.15, 0.2) is 4.34 Å². The maximum absolute atomic E-state index is 12.1. The first kappa shape index (κ1) is 17.0. The van der Waals surface area contributed by atoms with Crippen LogP contribution in [0.15, 0.2) is 52.9 Å². The molecule has 3 nitrogen and oxygen atoms in total. The van der Waals surface area contributed by atoms with E-state index >= 15 is 0 Å². The second kappa shape index (κ2) is 7.81. The predicted molar refractivity (Wildman–Crippen MR) is 104 cm³/mol. The van der Waals surface area contributed by atoms with E-state index in [4.69, 9.17) is 0 Å². The second-order valence-corrected chi connectivity index (χ2v) is 7.97. The number of rotatable bonds is 6. The van der Waals surface area contributed by atoms with Crippen LogP contribution in [0.25, 0.3) is 10.2 Å². The number of aromatic nitrogens is 1. The van der Waals surface area contributed by atoms with Gasteiger partial charge in [-0.25, -0.2) is 4.98 Å². The summed E-state index contributed by atoms with van der Waals surface area (Å²) in [5.41, 5.74) is 3.14. The number of nitrogens with zero attached hydrogens (tertiary/aromatic N) is 1. The van der Waals surface area contributed by atoms with Crippen molar-refractivity contribution in [1.29, 1.82) is 0 Å². The minimum Gasteiger partial charge on any atom is -0.325 e. The van der Waals surface area contributed by atoms with Gasteiger partial charge in [0.05, 0.1) is 16.0 Å². The highest BCUT2D eigenvalue weighted by Crippen LogP contribution is 2.29. The van der Waals surface area contributed by atoms with Crippen LogP contribution in [0.3, 0.4) is 0 Å². The number of fused-ring (bicyclic) bond motifs is 1. The number of benzene rings is 2. The lowest BCUT2D eigenvalue weighted by molar-refractivity contribution is -0.113. The number of anilines is 1. The molecule has 124 valence electrons. The van der Waals surface area contributed by atoms with E-state index in [-0.39, 0.29) is 5.91 Å². The fraction of sp³-hybridized carbons (Fsp3) is 0.263. The summed E-state index contributed by atoms with van der Waals surface area (Å²) in [4.78, 5) is 16.7. The summed E-state index contributed by atoms with van der Waals surface area (Å²) in [5, 5.41) is 2.95. The zero-order valence-corrected chi connectivity index (χ0v) is 15.4. The zero-order valence-electron chi connectivity index (χ0n) is 13.8. The van der Waals surface area contributed by atoms with E-state index in [0.29, 0.717) is 11.7 Å². The van der Waals surface area contributed by atoms with Crippen LogP contribution in [-0.2, 0) is 4.79 Å². The molecule has 0 aliphatic heterocycles. The number of thiazole rings is 1. The van der Waals surface area contributed by atoms with Crippen LogP contribution in [0.2, 0.25) is 0 Å². The summed E-state index contributed by atoms with van der Waals surface area (Å²) in [6.45, 7) is 4.39. The van der Waals surface area contributed by atoms with Crippen LogP contribution in [0.4, 0.5) is 5.69 Å². The van der Waals surface area contributed by atoms with Gasteiger partial charge in [-0.2, -0.15) is 0 Å². The Balaban J connectivity index is 1.55. The number of hydrogen-bond donors (Lipinski definition) is 1. The summed E-state index contributed by atoms with van der Waals surface area (Å²) < 4.78 is 2.08. The Morgan fingerprint density at radius 2 is 1.96 bits per heavy atom. The molecule has 0 saturated heterocycles. The van der Waals surface area contributed by atoms with Crippen molar-refractivity contribution in [2.24, 2.45) is 0 Å². The van der Waals surface area contributed by atoms with Gasteiger partial charge >= 0.3 is 0 Å². The highest BCUT2D eigenvalue weighted by Gasteiger charge is 2.08. The molecule has 0 aliphatic rings. The van der Waals surface area contributed by atoms with Gasteiger partial charge in [-0.15, -0.1) is 11.3 Å². The number of thioether (sulfide) groups is 1. The molecule has 3 rings (SSSR count). The SMILES string of the molecule is CCC(C)c1ccc(NC(=O)CSc2nc3ccccc3s2)cc1. The van der Waals surface area contributed by atoms with Crippen LogP contribution in [0.5, 0.6) is 0 Å². The van der Waals surface area contributed by atoms with Crippen molar-refractivity contribution < 1.29 is 4.79 Å². The minimum atomic E-state index is -0.00412. The van der Waals surface area contributed by atoms with E-state index in [0.717, 1.165) is 26.7 Å². The Morgan fingerprint density at radius 1 is 1.21 bits per heavy atom. The molecule has 1 N–H and O–H groups in total. The third-order valence-corrected chi connectivity index (χ3v) is 6.16. The normalized spacial score (nSPS) is 12.2. The third-order valence-electron chi connectivity index (χ3n) is 3.98. The van der Waals surface area contributed by atoms with Crippen LogP contribution >= 0.6 is 23.1 Å². The van der Waals surface area contributed by atoms with Gasteiger partial charge < -0.3 is 5.32 Å². The molecule has 0 aliphatic carbocycles. The second-order valence-electron chi connectivity index (χ2n) is 5.72. The maximum Gasteiger partial charge on any atom is 0.234 e. The number of amides is 1. The number of carbonyl (C=O) groups excluding carboxylic acids is 1. The number of hydrogen-bond acceptors (Lipinski definition) is 4. The fourth-order valence-corrected chi connectivity index (χ4v) is 4.24. The Labute approximate surface area is 150 Å². The summed E-state index contributed by atoms with van der Waals surface area (Å²) in [6, 6.07) is 16.2. The van der Waals surface area contributed by atoms with Gasteiger partial charge in [0.2, 0.25) is 5.91 Å². The molecule has 0 radical (unpaired) electrons. The molecule has 1 aromatic heterocycles. The first-order valence-corrected chi connectivity index (χ1v) is 9.84. The summed E-state index contributed by atoms with van der Waals surface area (Å²) in [5.74, 6) is 0.910. The zero-order chi connectivity index (χ0) is 16.9. The molecule has 5 heteroatoms. The van der Waals surface area contributed by atoms with Crippen molar-refractivity contribution in [1.82, 2.24) is 4.98 Å². The van der Waals surface area contributed by atoms with Crippen molar-refractivity contribution in [3.8, 4) is 0 Å². The maximum atomic E-state index is 12.1. The first-order valence-electron chi connectivity index (χ1n) is 8.04. The Morgan fingerprint density at radius 3 is 2.67 bits per heavy atom. The average Bonchev–Trinajstić information content (AvgIpc) is 3.03. The molecule has 3 aromatic rings. The molecule has 1 amide bonds. The molecule has 1 heterocycles. The molecule has 0 bridgehead atoms. The molecule has 24 heavy (non-hydrogen) atoms. The highest BCUT2D eigenvalue weighted by atomic mass is 32.2. The lowest BCUT2D eigenvalue weighted by Crippen LogP contribution is -2.13. The van der Waals surface area contributed by atoms with Gasteiger partial charge in [-0.3, -0.25) is 4.79 Å². The third kappa shape index (κ3) is 4.16. The number of para-hydroxylation sites is 1. The van der Waals surface area contributed by atoms with Crippen molar-refractivity contribution >= 4 is 44.9 Å². The fourth-order valence-electron chi connectivity index (χ4n) is 2.37. The van der Waals surface area contributed by atoms with Crippen molar-refractivity contribution in [2.75, 3.05) is 11.1 Å². The molecule has 0 saturated carbocycles. The summed E-state index contributed by atoms with van der Waals surface area (Å²) in [6.07, 6.45) is 1.12. The van der Waals surface area contributed by atoms with Crippen LogP contribution in [-0.4, -0.2) is 16.6 Å². The van der Waals surface area contributed by atoms with Crippen molar-refractivity contribution in [2.45, 2.75) is 30.5 Å². The van der Waals surface area contributed by atoms with Crippen molar-refractivity contribution in [3.63, 3.8) is 0 Å². The van der Waals surface area contributed by atoms with Crippen LogP contribution in [0, 0.1) is 0 Å². The van der Waals surface area contributed by atoms with Gasteiger partial charge in [0.1, 0.15) is 0 Å². The molecule has 0 fully saturated rings. The Kier molecular flexibility index (Phi) is 5.53. The molecular formula is C19H20N2OS2. The van der Waals surface area contributed by atoms with Crippen molar-refractivity contribution in [3.05, 3.63) is 54.1 Å². The van der Waals surface area contributed by atoms with Gasteiger partial charge in [-0.1, -0.05) is 49.9 Å². The minimum absolute atomic E-state index is 0.00412. The van der Waals surface area contributed by atoms with Gasteiger partial charge in [0.25, 0.3) is 0 Å². The molecule has 0 spiro atoms. The molecule has 2 aromatic carbocycles. The standard InChI is InChI=1S/C19H20N2OS2/c1-3-13(2)14-8-10-15(11-9-14)20-18(22)12-23-19-21-16-6-4-5-7-17(16)24-19/h4-11,13H,3,12H2,1-2H3,(H,20,22). The number of nitrogens with one attached hydrogen (secondary N) is 1. The quantitative estimate of drug-likeness (QED) is 0.590. The molecule has 1 atom stereocenters. The van der Waals surface area contributed by atoms with E-state index in [2.05, 4.69) is 42.3 Å². The topological polar surface area (TPSA) is 42.0 Å². The predicted octanol–water partition coefficient (Wildman–Crippen LogP) is 5.54. The van der Waals surface area contributed by atoms with Gasteiger partial charge in [-0.05, 0) is 42.2 Å². The Bertz CT molecular complexity index is 794. The summed E-state index contributed by atoms with van der Waals surface area (Å²) in [7, 11) is 0. The van der Waals surface area contributed by atoms with Crippen LogP contribution in [0.1, 0.15) is 31.7 Å². The highest BCUT2D eigenvalue weighted by molar-refractivity contribution is 8.01. The lowest BCUT2D eigenvalue weighted by Gasteiger charge is -2.10. The van der Waals surface area contributed by atoms with Gasteiger partial charge in [0, 0.05) is 5.69 Å². The van der Waals surface area contributed by atoms with Crippen LogP contribution < -0.4 is 5.32 Å². The van der Waals surface area contributed by atoms with E-state index in [1.807, 2.05) is 30.3 Å². The smallest absolute Gasteiger partial charge is 0.234 e. The summed E-state index contributed by atoms with van der Waals surface area (Å²) >= 11 is 3.11. The van der Waals surface area contributed by atoms with E-state index in [9.17, 15) is 4.79 Å². The first-order chi connectivity index (χ1) is 11.7. The average molecular weight is 357 g/mol. The Hall–Kier alpha value is -1.85. The largest absolute Gasteiger partial charge is 0.325 e. The van der Waals surface area contributed by atoms with E-state index in [1.54, 1.807) is 11.3 Å².